The maximum atomic E-state index is 12.2. The molecule has 0 radical (unpaired) electrons. The topological polar surface area (TPSA) is 81.1 Å². The number of likely N-dealkylation sites (tertiary alicyclic amines) is 2. The molecule has 1 atom stereocenters. The van der Waals surface area contributed by atoms with Crippen molar-refractivity contribution in [3.05, 3.63) is 0 Å². The average molecular weight is 256 g/mol. The maximum Gasteiger partial charge on any atom is 0.320 e. The van der Waals surface area contributed by atoms with Gasteiger partial charge in [-0.05, 0) is 12.8 Å². The number of carbonyl (C=O) groups excluding carboxylic acids is 1. The summed E-state index contributed by atoms with van der Waals surface area (Å²) < 4.78 is 0. The predicted molar refractivity (Wildman–Crippen MR) is 64.1 cm³/mol. The van der Waals surface area contributed by atoms with Gasteiger partial charge in [0.2, 0.25) is 0 Å². The van der Waals surface area contributed by atoms with Crippen LogP contribution in [0.25, 0.3) is 0 Å². The van der Waals surface area contributed by atoms with Crippen molar-refractivity contribution in [2.45, 2.75) is 31.7 Å². The first-order chi connectivity index (χ1) is 8.63. The molecule has 2 saturated heterocycles. The highest BCUT2D eigenvalue weighted by Crippen LogP contribution is 2.22. The molecule has 0 aliphatic carbocycles. The van der Waals surface area contributed by atoms with Crippen LogP contribution < -0.4 is 0 Å². The van der Waals surface area contributed by atoms with Crippen LogP contribution in [0.5, 0.6) is 0 Å². The van der Waals surface area contributed by atoms with Gasteiger partial charge in [0.25, 0.3) is 0 Å². The van der Waals surface area contributed by atoms with Gasteiger partial charge in [0.15, 0.2) is 0 Å². The molecule has 0 aromatic heterocycles. The van der Waals surface area contributed by atoms with Gasteiger partial charge in [-0.3, -0.25) is 4.79 Å². The lowest BCUT2D eigenvalue weighted by molar-refractivity contribution is -0.146. The molecule has 6 nitrogen and oxygen atoms in total. The zero-order chi connectivity index (χ0) is 13.1. The number of urea groups is 1. The summed E-state index contributed by atoms with van der Waals surface area (Å²) in [6, 6.07) is -0.225. The second-order valence-electron chi connectivity index (χ2n) is 5.10. The largest absolute Gasteiger partial charge is 0.481 e. The molecule has 2 amide bonds. The molecule has 6 heteroatoms. The fraction of sp³-hybridized carbons (Fsp3) is 0.833. The van der Waals surface area contributed by atoms with Crippen LogP contribution in [0, 0.1) is 5.92 Å². The SMILES string of the molecule is O=C(O)C1CN(C(=O)N2CCCCCC2CO)C1. The molecule has 2 aliphatic heterocycles. The van der Waals surface area contributed by atoms with Gasteiger partial charge in [-0.2, -0.15) is 0 Å². The minimum absolute atomic E-state index is 0.0120. The molecule has 2 heterocycles. The first-order valence-electron chi connectivity index (χ1n) is 6.52. The second-order valence-corrected chi connectivity index (χ2v) is 5.10. The number of carboxylic acid groups (broad SMARTS) is 1. The molecule has 0 bridgehead atoms. The summed E-state index contributed by atoms with van der Waals surface area (Å²) >= 11 is 0. The molecule has 2 rings (SSSR count). The average Bonchev–Trinajstić information content (AvgIpc) is 2.50. The van der Waals surface area contributed by atoms with E-state index in [1.165, 1.54) is 0 Å². The lowest BCUT2D eigenvalue weighted by Gasteiger charge is -2.41. The molecule has 2 N–H and O–H groups in total. The molecule has 2 fully saturated rings. The summed E-state index contributed by atoms with van der Waals surface area (Å²) in [5.74, 6) is -1.26. The van der Waals surface area contributed by atoms with Crippen molar-refractivity contribution in [1.29, 1.82) is 0 Å². The van der Waals surface area contributed by atoms with Gasteiger partial charge in [0, 0.05) is 19.6 Å². The fourth-order valence-electron chi connectivity index (χ4n) is 2.59. The van der Waals surface area contributed by atoms with E-state index in [1.807, 2.05) is 0 Å². The van der Waals surface area contributed by atoms with E-state index in [0.29, 0.717) is 19.6 Å². The maximum absolute atomic E-state index is 12.2. The van der Waals surface area contributed by atoms with Crippen LogP contribution >= 0.6 is 0 Å². The van der Waals surface area contributed by atoms with E-state index < -0.39 is 11.9 Å². The van der Waals surface area contributed by atoms with Crippen molar-refractivity contribution in [1.82, 2.24) is 9.80 Å². The van der Waals surface area contributed by atoms with Gasteiger partial charge in [-0.1, -0.05) is 12.8 Å². The predicted octanol–water partition coefficient (Wildman–Crippen LogP) is 0.360. The Balaban J connectivity index is 1.93. The number of rotatable bonds is 2. The van der Waals surface area contributed by atoms with Gasteiger partial charge >= 0.3 is 12.0 Å². The first-order valence-corrected chi connectivity index (χ1v) is 6.52. The summed E-state index contributed by atoms with van der Waals surface area (Å²) in [5.41, 5.74) is 0. The number of hydrogen-bond donors (Lipinski definition) is 2. The number of amides is 2. The highest BCUT2D eigenvalue weighted by atomic mass is 16.4. The highest BCUT2D eigenvalue weighted by Gasteiger charge is 2.39. The zero-order valence-corrected chi connectivity index (χ0v) is 10.4. The van der Waals surface area contributed by atoms with Gasteiger partial charge in [0.1, 0.15) is 0 Å². The van der Waals surface area contributed by atoms with Crippen molar-refractivity contribution < 1.29 is 19.8 Å². The number of carbonyl (C=O) groups is 2. The molecule has 102 valence electrons. The molecular formula is C12H20N2O4. The van der Waals surface area contributed by atoms with E-state index in [2.05, 4.69) is 0 Å². The van der Waals surface area contributed by atoms with Gasteiger partial charge < -0.3 is 20.0 Å². The number of aliphatic carboxylic acids is 1. The number of hydrogen-bond acceptors (Lipinski definition) is 3. The lowest BCUT2D eigenvalue weighted by atomic mass is 10.0. The van der Waals surface area contributed by atoms with E-state index in [1.54, 1.807) is 9.80 Å². The smallest absolute Gasteiger partial charge is 0.320 e. The Hall–Kier alpha value is -1.30. The minimum Gasteiger partial charge on any atom is -0.481 e. The monoisotopic (exact) mass is 256 g/mol. The second kappa shape index (κ2) is 5.56. The van der Waals surface area contributed by atoms with Crippen LogP contribution in [-0.4, -0.2) is 64.3 Å². The Kier molecular flexibility index (Phi) is 4.06. The first kappa shape index (κ1) is 13.1. The van der Waals surface area contributed by atoms with Crippen LogP contribution in [0.3, 0.4) is 0 Å². The van der Waals surface area contributed by atoms with E-state index in [4.69, 9.17) is 5.11 Å². The Bertz CT molecular complexity index is 328. The van der Waals surface area contributed by atoms with Crippen LogP contribution in [0.2, 0.25) is 0 Å². The van der Waals surface area contributed by atoms with Gasteiger partial charge in [-0.15, -0.1) is 0 Å². The Morgan fingerprint density at radius 3 is 2.50 bits per heavy atom. The third kappa shape index (κ3) is 2.58. The third-order valence-corrected chi connectivity index (χ3v) is 3.83. The molecule has 0 aromatic carbocycles. The minimum atomic E-state index is -0.839. The number of carboxylic acids is 1. The van der Waals surface area contributed by atoms with Crippen LogP contribution in [0.1, 0.15) is 25.7 Å². The number of nitrogens with zero attached hydrogens (tertiary/aromatic N) is 2. The third-order valence-electron chi connectivity index (χ3n) is 3.83. The Labute approximate surface area is 106 Å². The van der Waals surface area contributed by atoms with E-state index >= 15 is 0 Å². The van der Waals surface area contributed by atoms with Crippen molar-refractivity contribution in [3.8, 4) is 0 Å². The molecule has 0 saturated carbocycles. The molecule has 2 aliphatic rings. The summed E-state index contributed by atoms with van der Waals surface area (Å²) in [6.45, 7) is 1.24. The molecule has 18 heavy (non-hydrogen) atoms. The lowest BCUT2D eigenvalue weighted by Crippen LogP contribution is -2.59. The van der Waals surface area contributed by atoms with E-state index in [-0.39, 0.29) is 18.7 Å². The number of aliphatic hydroxyl groups excluding tert-OH is 1. The van der Waals surface area contributed by atoms with Gasteiger partial charge in [0.05, 0.1) is 18.6 Å². The normalized spacial score (nSPS) is 25.5. The van der Waals surface area contributed by atoms with Crippen molar-refractivity contribution in [2.75, 3.05) is 26.2 Å². The molecular weight excluding hydrogens is 236 g/mol. The summed E-state index contributed by atoms with van der Waals surface area (Å²) in [5, 5.41) is 18.1. The highest BCUT2D eigenvalue weighted by molar-refractivity contribution is 5.80. The summed E-state index contributed by atoms with van der Waals surface area (Å²) in [4.78, 5) is 26.2. The van der Waals surface area contributed by atoms with Crippen LogP contribution in [0.4, 0.5) is 4.79 Å². The van der Waals surface area contributed by atoms with E-state index in [0.717, 1.165) is 25.7 Å². The van der Waals surface area contributed by atoms with Crippen molar-refractivity contribution in [3.63, 3.8) is 0 Å². The Morgan fingerprint density at radius 1 is 1.17 bits per heavy atom. The van der Waals surface area contributed by atoms with Crippen molar-refractivity contribution >= 4 is 12.0 Å². The standard InChI is InChI=1S/C12H20N2O4/c15-8-10-4-2-1-3-5-14(10)12(18)13-6-9(7-13)11(16)17/h9-10,15H,1-8H2,(H,16,17). The molecule has 0 spiro atoms. The van der Waals surface area contributed by atoms with Crippen LogP contribution in [-0.2, 0) is 4.79 Å². The number of aliphatic hydroxyl groups is 1. The quantitative estimate of drug-likeness (QED) is 0.747. The fourth-order valence-corrected chi connectivity index (χ4v) is 2.59. The summed E-state index contributed by atoms with van der Waals surface area (Å²) in [7, 11) is 0. The van der Waals surface area contributed by atoms with E-state index in [9.17, 15) is 14.7 Å². The molecule has 0 aromatic rings. The van der Waals surface area contributed by atoms with Gasteiger partial charge in [-0.25, -0.2) is 4.79 Å². The molecule has 1 unspecified atom stereocenters. The van der Waals surface area contributed by atoms with Crippen molar-refractivity contribution in [2.24, 2.45) is 5.92 Å². The zero-order valence-electron chi connectivity index (χ0n) is 10.4. The van der Waals surface area contributed by atoms with Crippen LogP contribution in [0.15, 0.2) is 0 Å². The Morgan fingerprint density at radius 2 is 1.89 bits per heavy atom. The summed E-state index contributed by atoms with van der Waals surface area (Å²) in [6.07, 6.45) is 3.90.